The summed E-state index contributed by atoms with van der Waals surface area (Å²) in [6, 6.07) is 0.458. The monoisotopic (exact) mass is 223 g/mol. The van der Waals surface area contributed by atoms with Gasteiger partial charge in [0.25, 0.3) is 0 Å². The zero-order chi connectivity index (χ0) is 11.1. The van der Waals surface area contributed by atoms with Crippen molar-refractivity contribution in [2.45, 2.75) is 57.1 Å². The van der Waals surface area contributed by atoms with Gasteiger partial charge in [0.1, 0.15) is 0 Å². The summed E-state index contributed by atoms with van der Waals surface area (Å²) in [5.74, 6) is 3.01. The van der Waals surface area contributed by atoms with E-state index in [1.54, 1.807) is 0 Å². The standard InChI is InChI=1S/C14H25NO/c1-15(13-3-2-4-14(13)16)9-12-8-10-5-6-11(12)7-10/h10-14,16H,2-9H2,1H3/t10?,11?,12?,13-,14-/m0/s1. The van der Waals surface area contributed by atoms with Gasteiger partial charge in [-0.2, -0.15) is 0 Å². The molecule has 2 heteroatoms. The van der Waals surface area contributed by atoms with Gasteiger partial charge in [0.15, 0.2) is 0 Å². The molecule has 2 nitrogen and oxygen atoms in total. The first-order valence-electron chi connectivity index (χ1n) is 7.12. The van der Waals surface area contributed by atoms with Crippen LogP contribution in [-0.2, 0) is 0 Å². The number of hydrogen-bond donors (Lipinski definition) is 1. The predicted octanol–water partition coefficient (Wildman–Crippen LogP) is 2.27. The Balaban J connectivity index is 1.54. The molecular formula is C14H25NO. The van der Waals surface area contributed by atoms with Crippen LogP contribution in [0, 0.1) is 17.8 Å². The minimum absolute atomic E-state index is 0.0522. The maximum atomic E-state index is 9.92. The molecule has 3 aliphatic carbocycles. The molecule has 3 aliphatic rings. The molecule has 3 fully saturated rings. The number of likely N-dealkylation sites (N-methyl/N-ethyl adjacent to an activating group) is 1. The molecule has 1 N–H and O–H groups in total. The van der Waals surface area contributed by atoms with Gasteiger partial charge in [0.2, 0.25) is 0 Å². The average molecular weight is 223 g/mol. The largest absolute Gasteiger partial charge is 0.391 e. The van der Waals surface area contributed by atoms with Crippen molar-refractivity contribution >= 4 is 0 Å². The number of rotatable bonds is 3. The minimum Gasteiger partial charge on any atom is -0.391 e. The van der Waals surface area contributed by atoms with Gasteiger partial charge in [-0.3, -0.25) is 0 Å². The van der Waals surface area contributed by atoms with Crippen LogP contribution < -0.4 is 0 Å². The molecule has 0 aromatic heterocycles. The van der Waals surface area contributed by atoms with Crippen molar-refractivity contribution in [2.75, 3.05) is 13.6 Å². The maximum Gasteiger partial charge on any atom is 0.0695 e. The smallest absolute Gasteiger partial charge is 0.0695 e. The van der Waals surface area contributed by atoms with Crippen LogP contribution in [0.3, 0.4) is 0 Å². The predicted molar refractivity (Wildman–Crippen MR) is 65.2 cm³/mol. The molecule has 0 heterocycles. The quantitative estimate of drug-likeness (QED) is 0.793. The molecule has 3 rings (SSSR count). The van der Waals surface area contributed by atoms with E-state index in [2.05, 4.69) is 11.9 Å². The van der Waals surface area contributed by atoms with E-state index in [1.165, 1.54) is 45.1 Å². The zero-order valence-electron chi connectivity index (χ0n) is 10.4. The Labute approximate surface area is 99.0 Å². The topological polar surface area (TPSA) is 23.5 Å². The van der Waals surface area contributed by atoms with Crippen molar-refractivity contribution < 1.29 is 5.11 Å². The Morgan fingerprint density at radius 2 is 2.00 bits per heavy atom. The molecule has 0 radical (unpaired) electrons. The van der Waals surface area contributed by atoms with Gasteiger partial charge in [0, 0.05) is 12.6 Å². The van der Waals surface area contributed by atoms with Gasteiger partial charge in [-0.15, -0.1) is 0 Å². The SMILES string of the molecule is CN(CC1CC2CCC1C2)[C@H]1CCC[C@@H]1O. The molecule has 2 bridgehead atoms. The first-order valence-corrected chi connectivity index (χ1v) is 7.12. The lowest BCUT2D eigenvalue weighted by Crippen LogP contribution is -2.41. The number of aliphatic hydroxyl groups excluding tert-OH is 1. The summed E-state index contributed by atoms with van der Waals surface area (Å²) in [6.45, 7) is 1.24. The van der Waals surface area contributed by atoms with Crippen LogP contribution >= 0.6 is 0 Å². The molecule has 5 atom stereocenters. The average Bonchev–Trinajstić information content (AvgIpc) is 2.92. The van der Waals surface area contributed by atoms with E-state index in [1.807, 2.05) is 0 Å². The van der Waals surface area contributed by atoms with Crippen LogP contribution in [0.5, 0.6) is 0 Å². The lowest BCUT2D eigenvalue weighted by Gasteiger charge is -2.32. The third-order valence-electron chi connectivity index (χ3n) is 5.42. The van der Waals surface area contributed by atoms with E-state index in [-0.39, 0.29) is 6.10 Å². The summed E-state index contributed by atoms with van der Waals surface area (Å²) in [4.78, 5) is 2.46. The van der Waals surface area contributed by atoms with E-state index in [4.69, 9.17) is 0 Å². The molecule has 0 aromatic carbocycles. The van der Waals surface area contributed by atoms with Crippen LogP contribution in [0.4, 0.5) is 0 Å². The van der Waals surface area contributed by atoms with Gasteiger partial charge < -0.3 is 10.0 Å². The van der Waals surface area contributed by atoms with Gasteiger partial charge in [-0.1, -0.05) is 6.42 Å². The lowest BCUT2D eigenvalue weighted by atomic mass is 9.88. The Hall–Kier alpha value is -0.0800. The number of nitrogens with zero attached hydrogens (tertiary/aromatic N) is 1. The highest BCUT2D eigenvalue weighted by Crippen LogP contribution is 2.48. The molecule has 3 unspecified atom stereocenters. The summed E-state index contributed by atoms with van der Waals surface area (Å²) in [5.41, 5.74) is 0. The third kappa shape index (κ3) is 1.91. The van der Waals surface area contributed by atoms with Gasteiger partial charge >= 0.3 is 0 Å². The summed E-state index contributed by atoms with van der Waals surface area (Å²) < 4.78 is 0. The van der Waals surface area contributed by atoms with Gasteiger partial charge in [-0.05, 0) is 63.3 Å². The van der Waals surface area contributed by atoms with Crippen molar-refractivity contribution in [1.82, 2.24) is 4.90 Å². The lowest BCUT2D eigenvalue weighted by molar-refractivity contribution is 0.0705. The Bertz CT molecular complexity index is 255. The normalized spacial score (nSPS) is 47.1. The second-order valence-corrected chi connectivity index (χ2v) is 6.44. The summed E-state index contributed by atoms with van der Waals surface area (Å²) >= 11 is 0. The number of aliphatic hydroxyl groups is 1. The fourth-order valence-electron chi connectivity index (χ4n) is 4.54. The fraction of sp³-hybridized carbons (Fsp3) is 1.00. The highest BCUT2D eigenvalue weighted by molar-refractivity contribution is 4.93. The third-order valence-corrected chi connectivity index (χ3v) is 5.42. The van der Waals surface area contributed by atoms with Gasteiger partial charge in [0.05, 0.1) is 6.10 Å². The first kappa shape index (κ1) is 11.0. The molecule has 16 heavy (non-hydrogen) atoms. The van der Waals surface area contributed by atoms with Crippen LogP contribution in [0.1, 0.15) is 44.9 Å². The van der Waals surface area contributed by atoms with E-state index in [0.29, 0.717) is 6.04 Å². The molecule has 0 aromatic rings. The van der Waals surface area contributed by atoms with E-state index in [0.717, 1.165) is 24.2 Å². The summed E-state index contributed by atoms with van der Waals surface area (Å²) in [7, 11) is 2.23. The highest BCUT2D eigenvalue weighted by Gasteiger charge is 2.40. The Kier molecular flexibility index (Phi) is 2.97. The fourth-order valence-corrected chi connectivity index (χ4v) is 4.54. The summed E-state index contributed by atoms with van der Waals surface area (Å²) in [6.07, 6.45) is 9.34. The Morgan fingerprint density at radius 1 is 1.12 bits per heavy atom. The molecule has 0 aliphatic heterocycles. The van der Waals surface area contributed by atoms with Crippen molar-refractivity contribution in [3.05, 3.63) is 0 Å². The number of hydrogen-bond acceptors (Lipinski definition) is 2. The van der Waals surface area contributed by atoms with Crippen LogP contribution in [0.25, 0.3) is 0 Å². The Morgan fingerprint density at radius 3 is 2.56 bits per heavy atom. The highest BCUT2D eigenvalue weighted by atomic mass is 16.3. The summed E-state index contributed by atoms with van der Waals surface area (Å²) in [5, 5.41) is 9.92. The van der Waals surface area contributed by atoms with E-state index in [9.17, 15) is 5.11 Å². The van der Waals surface area contributed by atoms with Crippen molar-refractivity contribution in [1.29, 1.82) is 0 Å². The zero-order valence-corrected chi connectivity index (χ0v) is 10.4. The van der Waals surface area contributed by atoms with Gasteiger partial charge in [-0.25, -0.2) is 0 Å². The number of fused-ring (bicyclic) bond motifs is 2. The van der Waals surface area contributed by atoms with E-state index < -0.39 is 0 Å². The van der Waals surface area contributed by atoms with Crippen molar-refractivity contribution in [3.63, 3.8) is 0 Å². The molecule has 0 amide bonds. The van der Waals surface area contributed by atoms with Crippen molar-refractivity contribution in [3.8, 4) is 0 Å². The van der Waals surface area contributed by atoms with Crippen LogP contribution in [0.15, 0.2) is 0 Å². The molecule has 0 spiro atoms. The second kappa shape index (κ2) is 4.30. The first-order chi connectivity index (χ1) is 7.74. The molecule has 92 valence electrons. The molecule has 3 saturated carbocycles. The molecular weight excluding hydrogens is 198 g/mol. The van der Waals surface area contributed by atoms with Crippen molar-refractivity contribution in [2.24, 2.45) is 17.8 Å². The second-order valence-electron chi connectivity index (χ2n) is 6.44. The minimum atomic E-state index is -0.0522. The molecule has 0 saturated heterocycles. The van der Waals surface area contributed by atoms with Crippen LogP contribution in [0.2, 0.25) is 0 Å². The van der Waals surface area contributed by atoms with Crippen LogP contribution in [-0.4, -0.2) is 35.7 Å². The maximum absolute atomic E-state index is 9.92. The van der Waals surface area contributed by atoms with E-state index >= 15 is 0 Å².